The number of aromatic amines is 1. The molecule has 0 atom stereocenters. The number of nitrogens with zero attached hydrogens (tertiary/aromatic N) is 1. The zero-order chi connectivity index (χ0) is 13.0. The fourth-order valence-electron chi connectivity index (χ4n) is 1.34. The van der Waals surface area contributed by atoms with Gasteiger partial charge in [-0.2, -0.15) is 5.10 Å². The smallest absolute Gasteiger partial charge is 0.356 e. The second-order valence-electron chi connectivity index (χ2n) is 3.45. The first-order valence-electron chi connectivity index (χ1n) is 5.12. The molecule has 1 N–H and O–H groups in total. The molecule has 6 heteroatoms. The minimum atomic E-state index is -0.632. The molecule has 18 heavy (non-hydrogen) atoms. The number of aromatic nitrogens is 2. The maximum Gasteiger partial charge on any atom is 0.356 e. The minimum absolute atomic E-state index is 0.196. The second kappa shape index (κ2) is 5.46. The molecule has 2 rings (SSSR count). The average Bonchev–Trinajstić information content (AvgIpc) is 2.90. The number of esters is 1. The molecule has 0 spiro atoms. The third-order valence-electron chi connectivity index (χ3n) is 2.23. The molecule has 1 aromatic carbocycles. The van der Waals surface area contributed by atoms with E-state index < -0.39 is 5.97 Å². The van der Waals surface area contributed by atoms with Crippen LogP contribution in [-0.4, -0.2) is 28.6 Å². The van der Waals surface area contributed by atoms with Crippen molar-refractivity contribution in [1.29, 1.82) is 0 Å². The van der Waals surface area contributed by atoms with Crippen molar-refractivity contribution in [2.45, 2.75) is 0 Å². The third kappa shape index (κ3) is 2.75. The van der Waals surface area contributed by atoms with E-state index in [-0.39, 0.29) is 18.1 Å². The van der Waals surface area contributed by atoms with Crippen molar-refractivity contribution in [3.63, 3.8) is 0 Å². The monoisotopic (exact) mass is 264 g/mol. The van der Waals surface area contributed by atoms with Crippen molar-refractivity contribution in [2.75, 3.05) is 6.61 Å². The molecular weight excluding hydrogens is 256 g/mol. The number of carbonyl (C=O) groups is 2. The molecule has 5 nitrogen and oxygen atoms in total. The van der Waals surface area contributed by atoms with E-state index in [0.29, 0.717) is 10.6 Å². The molecule has 0 bridgehead atoms. The second-order valence-corrected chi connectivity index (χ2v) is 3.86. The van der Waals surface area contributed by atoms with E-state index in [4.69, 9.17) is 16.3 Å². The Balaban J connectivity index is 1.97. The van der Waals surface area contributed by atoms with Crippen molar-refractivity contribution in [1.82, 2.24) is 10.2 Å². The van der Waals surface area contributed by atoms with Gasteiger partial charge < -0.3 is 4.74 Å². The molecule has 0 aliphatic carbocycles. The molecule has 0 saturated heterocycles. The Hall–Kier alpha value is -2.14. The lowest BCUT2D eigenvalue weighted by Gasteiger charge is -2.04. The summed E-state index contributed by atoms with van der Waals surface area (Å²) < 4.78 is 4.84. The molecule has 0 fully saturated rings. The highest BCUT2D eigenvalue weighted by atomic mass is 35.5. The van der Waals surface area contributed by atoms with E-state index in [1.54, 1.807) is 24.3 Å². The van der Waals surface area contributed by atoms with Crippen LogP contribution in [-0.2, 0) is 4.74 Å². The zero-order valence-corrected chi connectivity index (χ0v) is 9.98. The highest BCUT2D eigenvalue weighted by Crippen LogP contribution is 2.15. The van der Waals surface area contributed by atoms with Gasteiger partial charge in [-0.15, -0.1) is 0 Å². The quantitative estimate of drug-likeness (QED) is 0.678. The van der Waals surface area contributed by atoms with Gasteiger partial charge in [0.15, 0.2) is 6.61 Å². The van der Waals surface area contributed by atoms with Gasteiger partial charge in [0, 0.05) is 11.8 Å². The summed E-state index contributed by atoms with van der Waals surface area (Å²) >= 11 is 5.86. The number of H-pyrrole nitrogens is 1. The Morgan fingerprint density at radius 3 is 2.72 bits per heavy atom. The van der Waals surface area contributed by atoms with Gasteiger partial charge in [-0.25, -0.2) is 4.79 Å². The number of rotatable bonds is 4. The van der Waals surface area contributed by atoms with E-state index in [1.165, 1.54) is 12.3 Å². The van der Waals surface area contributed by atoms with E-state index in [0.717, 1.165) is 0 Å². The minimum Gasteiger partial charge on any atom is -0.453 e. The highest BCUT2D eigenvalue weighted by molar-refractivity contribution is 6.34. The van der Waals surface area contributed by atoms with Crippen LogP contribution in [0.15, 0.2) is 36.5 Å². The number of nitrogens with one attached hydrogen (secondary N) is 1. The van der Waals surface area contributed by atoms with Gasteiger partial charge in [0.2, 0.25) is 5.78 Å². The summed E-state index contributed by atoms with van der Waals surface area (Å²) in [7, 11) is 0. The maximum absolute atomic E-state index is 11.8. The number of hydrogen-bond donors (Lipinski definition) is 1. The van der Waals surface area contributed by atoms with E-state index in [1.807, 2.05) is 0 Å². The molecule has 2 aromatic rings. The number of hydrogen-bond acceptors (Lipinski definition) is 4. The van der Waals surface area contributed by atoms with Crippen molar-refractivity contribution >= 4 is 23.4 Å². The summed E-state index contributed by atoms with van der Waals surface area (Å²) in [5.41, 5.74) is 0.526. The Labute approximate surface area is 108 Å². The molecule has 0 saturated carbocycles. The average molecular weight is 265 g/mol. The van der Waals surface area contributed by atoms with Crippen LogP contribution >= 0.6 is 11.6 Å². The van der Waals surface area contributed by atoms with Crippen molar-refractivity contribution in [3.05, 3.63) is 52.8 Å². The van der Waals surface area contributed by atoms with Crippen LogP contribution in [0.4, 0.5) is 0 Å². The summed E-state index contributed by atoms with van der Waals surface area (Å²) in [6.45, 7) is -0.360. The zero-order valence-electron chi connectivity index (χ0n) is 9.22. The van der Waals surface area contributed by atoms with Gasteiger partial charge in [0.05, 0.1) is 5.02 Å². The molecule has 0 radical (unpaired) electrons. The lowest BCUT2D eigenvalue weighted by atomic mass is 10.1. The topological polar surface area (TPSA) is 72.1 Å². The van der Waals surface area contributed by atoms with E-state index >= 15 is 0 Å². The van der Waals surface area contributed by atoms with E-state index in [2.05, 4.69) is 10.2 Å². The Bertz CT molecular complexity index is 566. The molecule has 1 heterocycles. The lowest BCUT2D eigenvalue weighted by molar-refractivity contribution is 0.0469. The van der Waals surface area contributed by atoms with Gasteiger partial charge in [-0.1, -0.05) is 23.7 Å². The SMILES string of the molecule is O=C(OCC(=O)c1ccccc1Cl)c1ccn[nH]1. The number of ketones is 1. The van der Waals surface area contributed by atoms with Gasteiger partial charge in [-0.05, 0) is 18.2 Å². The summed E-state index contributed by atoms with van der Waals surface area (Å²) in [5.74, 6) is -0.985. The van der Waals surface area contributed by atoms with Crippen molar-refractivity contribution in [2.24, 2.45) is 0 Å². The van der Waals surface area contributed by atoms with Crippen LogP contribution in [0.2, 0.25) is 5.02 Å². The molecule has 0 aliphatic rings. The molecule has 0 aliphatic heterocycles. The Kier molecular flexibility index (Phi) is 3.74. The number of carbonyl (C=O) groups excluding carboxylic acids is 2. The number of ether oxygens (including phenoxy) is 1. The highest BCUT2D eigenvalue weighted by Gasteiger charge is 2.14. The van der Waals surface area contributed by atoms with Gasteiger partial charge in [-0.3, -0.25) is 9.89 Å². The van der Waals surface area contributed by atoms with Crippen LogP contribution in [0, 0.1) is 0 Å². The Morgan fingerprint density at radius 1 is 1.28 bits per heavy atom. The maximum atomic E-state index is 11.8. The summed E-state index contributed by atoms with van der Waals surface area (Å²) in [5, 5.41) is 6.39. The molecule has 0 amide bonds. The predicted molar refractivity (Wildman–Crippen MR) is 64.7 cm³/mol. The van der Waals surface area contributed by atoms with Crippen LogP contribution in [0.1, 0.15) is 20.8 Å². The molecule has 1 aromatic heterocycles. The summed E-state index contributed by atoms with van der Waals surface area (Å²) in [6, 6.07) is 8.05. The first-order valence-corrected chi connectivity index (χ1v) is 5.50. The first-order chi connectivity index (χ1) is 8.68. The molecular formula is C12H9ClN2O3. The Morgan fingerprint density at radius 2 is 2.06 bits per heavy atom. The van der Waals surface area contributed by atoms with Crippen LogP contribution in [0.3, 0.4) is 0 Å². The normalized spacial score (nSPS) is 10.1. The fraction of sp³-hybridized carbons (Fsp3) is 0.0833. The van der Waals surface area contributed by atoms with E-state index in [9.17, 15) is 9.59 Å². The number of halogens is 1. The largest absolute Gasteiger partial charge is 0.453 e. The van der Waals surface area contributed by atoms with Crippen molar-refractivity contribution < 1.29 is 14.3 Å². The predicted octanol–water partition coefficient (Wildman–Crippen LogP) is 2.10. The molecule has 0 unspecified atom stereocenters. The number of Topliss-reactive ketones (excluding diaryl/α,β-unsaturated/α-hetero) is 1. The van der Waals surface area contributed by atoms with Gasteiger partial charge >= 0.3 is 5.97 Å². The summed E-state index contributed by atoms with van der Waals surface area (Å²) in [4.78, 5) is 23.2. The van der Waals surface area contributed by atoms with Crippen LogP contribution in [0.25, 0.3) is 0 Å². The first kappa shape index (κ1) is 12.3. The lowest BCUT2D eigenvalue weighted by Crippen LogP contribution is -2.14. The fourth-order valence-corrected chi connectivity index (χ4v) is 1.58. The number of benzene rings is 1. The standard InChI is InChI=1S/C12H9ClN2O3/c13-9-4-2-1-3-8(9)11(16)7-18-12(17)10-5-6-14-15-10/h1-6H,7H2,(H,14,15). The van der Waals surface area contributed by atoms with Crippen LogP contribution in [0.5, 0.6) is 0 Å². The summed E-state index contributed by atoms with van der Waals surface area (Å²) in [6.07, 6.45) is 1.42. The van der Waals surface area contributed by atoms with Gasteiger partial charge in [0.1, 0.15) is 5.69 Å². The van der Waals surface area contributed by atoms with Crippen molar-refractivity contribution in [3.8, 4) is 0 Å². The van der Waals surface area contributed by atoms with Crippen LogP contribution < -0.4 is 0 Å². The third-order valence-corrected chi connectivity index (χ3v) is 2.56. The van der Waals surface area contributed by atoms with Gasteiger partial charge in [0.25, 0.3) is 0 Å². The molecule has 92 valence electrons.